The molecule has 1 aromatic carbocycles. The second-order valence-corrected chi connectivity index (χ2v) is 7.81. The highest BCUT2D eigenvalue weighted by Crippen LogP contribution is 2.28. The van der Waals surface area contributed by atoms with Gasteiger partial charge in [0.25, 0.3) is 0 Å². The maximum absolute atomic E-state index is 12.6. The maximum Gasteiger partial charge on any atom is 0.317 e. The molecule has 6 nitrogen and oxygen atoms in total. The van der Waals surface area contributed by atoms with Crippen LogP contribution in [0.2, 0.25) is 0 Å². The van der Waals surface area contributed by atoms with E-state index in [1.165, 1.54) is 4.88 Å². The van der Waals surface area contributed by atoms with Gasteiger partial charge in [0, 0.05) is 37.6 Å². The van der Waals surface area contributed by atoms with Crippen molar-refractivity contribution in [3.05, 3.63) is 46.7 Å². The number of urea groups is 1. The monoisotopic (exact) mass is 388 g/mol. The van der Waals surface area contributed by atoms with Gasteiger partial charge in [0.05, 0.1) is 18.8 Å². The summed E-state index contributed by atoms with van der Waals surface area (Å²) in [5.74, 6) is 0.875. The van der Waals surface area contributed by atoms with Gasteiger partial charge < -0.3 is 24.8 Å². The molecular weight excluding hydrogens is 360 g/mol. The largest absolute Gasteiger partial charge is 0.495 e. The van der Waals surface area contributed by atoms with Crippen molar-refractivity contribution in [1.29, 1.82) is 0 Å². The molecule has 7 heteroatoms. The van der Waals surface area contributed by atoms with Crippen LogP contribution in [0, 0.1) is 0 Å². The van der Waals surface area contributed by atoms with Crippen LogP contribution in [-0.4, -0.2) is 69.8 Å². The molecule has 2 aromatic rings. The predicted octanol–water partition coefficient (Wildman–Crippen LogP) is 2.89. The van der Waals surface area contributed by atoms with Crippen molar-refractivity contribution >= 4 is 23.1 Å². The Bertz CT molecular complexity index is 727. The number of thiophene rings is 1. The summed E-state index contributed by atoms with van der Waals surface area (Å²) in [6.07, 6.45) is 0. The number of likely N-dealkylation sites (N-methyl/N-ethyl adjacent to an activating group) is 1. The molecule has 146 valence electrons. The number of carbonyl (C=O) groups excluding carboxylic acids is 1. The molecule has 27 heavy (non-hydrogen) atoms. The lowest BCUT2D eigenvalue weighted by atomic mass is 10.2. The van der Waals surface area contributed by atoms with Gasteiger partial charge in [-0.2, -0.15) is 0 Å². The van der Waals surface area contributed by atoms with Crippen molar-refractivity contribution in [3.63, 3.8) is 0 Å². The van der Waals surface area contributed by atoms with E-state index in [1.807, 2.05) is 37.2 Å². The zero-order chi connectivity index (χ0) is 19.2. The standard InChI is InChI=1S/C20H28N4O2S/c1-22(2)17(19-9-6-14-27-19)15-21-20(25)24-12-10-23(11-13-24)16-7-4-5-8-18(16)26-3/h4-9,14,17H,10-13,15H2,1-3H3,(H,21,25). The summed E-state index contributed by atoms with van der Waals surface area (Å²) >= 11 is 1.72. The van der Waals surface area contributed by atoms with E-state index in [1.54, 1.807) is 18.4 Å². The highest BCUT2D eigenvalue weighted by atomic mass is 32.1. The zero-order valence-corrected chi connectivity index (χ0v) is 17.0. The van der Waals surface area contributed by atoms with Crippen LogP contribution in [-0.2, 0) is 0 Å². The summed E-state index contributed by atoms with van der Waals surface area (Å²) in [7, 11) is 5.78. The first kappa shape index (κ1) is 19.5. The van der Waals surface area contributed by atoms with Gasteiger partial charge in [-0.05, 0) is 37.7 Å². The van der Waals surface area contributed by atoms with Crippen molar-refractivity contribution in [1.82, 2.24) is 15.1 Å². The number of hydrogen-bond donors (Lipinski definition) is 1. The lowest BCUT2D eigenvalue weighted by molar-refractivity contribution is 0.189. The Morgan fingerprint density at radius 2 is 1.93 bits per heavy atom. The summed E-state index contributed by atoms with van der Waals surface area (Å²) < 4.78 is 5.46. The molecule has 1 saturated heterocycles. The highest BCUT2D eigenvalue weighted by Gasteiger charge is 2.24. The quantitative estimate of drug-likeness (QED) is 0.827. The second kappa shape index (κ2) is 9.10. The van der Waals surface area contributed by atoms with Gasteiger partial charge in [0.1, 0.15) is 5.75 Å². The van der Waals surface area contributed by atoms with Crippen molar-refractivity contribution < 1.29 is 9.53 Å². The fourth-order valence-corrected chi connectivity index (χ4v) is 4.28. The molecule has 1 atom stereocenters. The number of rotatable bonds is 6. The molecule has 0 spiro atoms. The summed E-state index contributed by atoms with van der Waals surface area (Å²) in [6.45, 7) is 3.62. The smallest absolute Gasteiger partial charge is 0.317 e. The van der Waals surface area contributed by atoms with Gasteiger partial charge in [0.2, 0.25) is 0 Å². The van der Waals surface area contributed by atoms with Gasteiger partial charge in [-0.3, -0.25) is 0 Å². The fourth-order valence-electron chi connectivity index (χ4n) is 3.36. The van der Waals surface area contributed by atoms with E-state index in [0.29, 0.717) is 19.6 Å². The number of ether oxygens (including phenoxy) is 1. The van der Waals surface area contributed by atoms with Crippen LogP contribution in [0.1, 0.15) is 10.9 Å². The van der Waals surface area contributed by atoms with E-state index in [2.05, 4.69) is 38.7 Å². The highest BCUT2D eigenvalue weighted by molar-refractivity contribution is 7.10. The SMILES string of the molecule is COc1ccccc1N1CCN(C(=O)NCC(c2cccs2)N(C)C)CC1. The number of methoxy groups -OCH3 is 1. The maximum atomic E-state index is 12.6. The minimum atomic E-state index is 0.0121. The molecule has 0 radical (unpaired) electrons. The number of nitrogens with zero attached hydrogens (tertiary/aromatic N) is 3. The fraction of sp³-hybridized carbons (Fsp3) is 0.450. The van der Waals surface area contributed by atoms with Crippen molar-refractivity contribution in [2.45, 2.75) is 6.04 Å². The van der Waals surface area contributed by atoms with Crippen molar-refractivity contribution in [3.8, 4) is 5.75 Å². The third-order valence-electron chi connectivity index (χ3n) is 4.93. The average molecular weight is 389 g/mol. The summed E-state index contributed by atoms with van der Waals surface area (Å²) in [5, 5.41) is 5.18. The first-order valence-corrected chi connectivity index (χ1v) is 10.1. The lowest BCUT2D eigenvalue weighted by Crippen LogP contribution is -2.52. The molecule has 3 rings (SSSR count). The molecule has 2 heterocycles. The molecule has 0 saturated carbocycles. The molecule has 0 bridgehead atoms. The first-order valence-electron chi connectivity index (χ1n) is 9.20. The minimum absolute atomic E-state index is 0.0121. The molecule has 1 aliphatic rings. The average Bonchev–Trinajstić information content (AvgIpc) is 3.22. The van der Waals surface area contributed by atoms with Crippen molar-refractivity contribution in [2.24, 2.45) is 0 Å². The Balaban J connectivity index is 1.52. The Kier molecular flexibility index (Phi) is 6.58. The number of para-hydroxylation sites is 2. The van der Waals surface area contributed by atoms with Crippen LogP contribution in [0.3, 0.4) is 0 Å². The van der Waals surface area contributed by atoms with Crippen LogP contribution in [0.4, 0.5) is 10.5 Å². The molecule has 1 fully saturated rings. The Labute approximate surface area is 165 Å². The Hall–Kier alpha value is -2.25. The topological polar surface area (TPSA) is 48.1 Å². The summed E-state index contributed by atoms with van der Waals surface area (Å²) in [5.41, 5.74) is 1.09. The molecular formula is C20H28N4O2S. The zero-order valence-electron chi connectivity index (χ0n) is 16.2. The first-order chi connectivity index (χ1) is 13.1. The Morgan fingerprint density at radius 1 is 1.19 bits per heavy atom. The van der Waals surface area contributed by atoms with Crippen LogP contribution in [0.5, 0.6) is 5.75 Å². The lowest BCUT2D eigenvalue weighted by Gasteiger charge is -2.37. The van der Waals surface area contributed by atoms with Gasteiger partial charge in [-0.1, -0.05) is 18.2 Å². The van der Waals surface area contributed by atoms with Crippen LogP contribution < -0.4 is 15.0 Å². The number of carbonyl (C=O) groups is 1. The van der Waals surface area contributed by atoms with Gasteiger partial charge in [-0.15, -0.1) is 11.3 Å². The number of hydrogen-bond acceptors (Lipinski definition) is 5. The molecule has 1 aromatic heterocycles. The van der Waals surface area contributed by atoms with E-state index < -0.39 is 0 Å². The third kappa shape index (κ3) is 4.73. The molecule has 0 aliphatic carbocycles. The number of nitrogens with one attached hydrogen (secondary N) is 1. The van der Waals surface area contributed by atoms with Crippen LogP contribution in [0.25, 0.3) is 0 Å². The van der Waals surface area contributed by atoms with E-state index in [-0.39, 0.29) is 12.1 Å². The van der Waals surface area contributed by atoms with Crippen LogP contribution >= 0.6 is 11.3 Å². The summed E-state index contributed by atoms with van der Waals surface area (Å²) in [4.78, 5) is 20.2. The number of amides is 2. The Morgan fingerprint density at radius 3 is 2.56 bits per heavy atom. The van der Waals surface area contributed by atoms with Crippen molar-refractivity contribution in [2.75, 3.05) is 58.8 Å². The minimum Gasteiger partial charge on any atom is -0.495 e. The predicted molar refractivity (Wildman–Crippen MR) is 111 cm³/mol. The molecule has 2 amide bonds. The van der Waals surface area contributed by atoms with E-state index in [4.69, 9.17) is 4.74 Å². The molecule has 1 unspecified atom stereocenters. The van der Waals surface area contributed by atoms with Crippen LogP contribution in [0.15, 0.2) is 41.8 Å². The second-order valence-electron chi connectivity index (χ2n) is 6.83. The molecule has 1 N–H and O–H groups in total. The number of anilines is 1. The van der Waals surface area contributed by atoms with Gasteiger partial charge >= 0.3 is 6.03 Å². The normalized spacial score (nSPS) is 15.7. The van der Waals surface area contributed by atoms with E-state index in [9.17, 15) is 4.79 Å². The van der Waals surface area contributed by atoms with Gasteiger partial charge in [0.15, 0.2) is 0 Å². The van der Waals surface area contributed by atoms with Gasteiger partial charge in [-0.25, -0.2) is 4.79 Å². The summed E-state index contributed by atoms with van der Waals surface area (Å²) in [6, 6.07) is 12.4. The number of benzene rings is 1. The van der Waals surface area contributed by atoms with E-state index >= 15 is 0 Å². The third-order valence-corrected chi connectivity index (χ3v) is 5.91. The van der Waals surface area contributed by atoms with E-state index in [0.717, 1.165) is 24.5 Å². The number of piperazine rings is 1. The molecule has 1 aliphatic heterocycles.